The van der Waals surface area contributed by atoms with Crippen molar-refractivity contribution in [1.82, 2.24) is 10.4 Å². The van der Waals surface area contributed by atoms with Crippen molar-refractivity contribution in [2.45, 2.75) is 13.5 Å². The Morgan fingerprint density at radius 3 is 2.68 bits per heavy atom. The van der Waals surface area contributed by atoms with Gasteiger partial charge in [0, 0.05) is 16.2 Å². The summed E-state index contributed by atoms with van der Waals surface area (Å²) >= 11 is 9.39. The number of carbonyl (C=O) groups excluding carboxylic acids is 1. The summed E-state index contributed by atoms with van der Waals surface area (Å²) in [4.78, 5) is 16.0. The van der Waals surface area contributed by atoms with E-state index in [1.165, 1.54) is 24.5 Å². The highest BCUT2D eigenvalue weighted by molar-refractivity contribution is 9.10. The molecule has 0 aliphatic carbocycles. The van der Waals surface area contributed by atoms with Crippen molar-refractivity contribution < 1.29 is 18.7 Å². The Labute approximate surface area is 192 Å². The predicted octanol–water partition coefficient (Wildman–Crippen LogP) is 5.38. The minimum atomic E-state index is -0.477. The molecule has 2 aromatic carbocycles. The van der Waals surface area contributed by atoms with Gasteiger partial charge in [0.05, 0.1) is 18.4 Å². The number of nitrogens with zero attached hydrogens (tertiary/aromatic N) is 2. The van der Waals surface area contributed by atoms with Crippen LogP contribution in [0.2, 0.25) is 5.15 Å². The number of benzene rings is 2. The molecule has 31 heavy (non-hydrogen) atoms. The summed E-state index contributed by atoms with van der Waals surface area (Å²) in [6.45, 7) is 2.54. The molecule has 1 aromatic heterocycles. The maximum absolute atomic E-state index is 13.1. The third kappa shape index (κ3) is 6.26. The van der Waals surface area contributed by atoms with Gasteiger partial charge < -0.3 is 9.47 Å². The standard InChI is InChI=1S/C22H18BrClFN3O3/c1-2-30-19-10-15(12-27-28-22(29)17-4-3-9-26-21(17)24)18(23)11-20(19)31-13-14-5-7-16(25)8-6-14/h3-12H,2,13H2,1H3,(H,28,29). The molecule has 3 aromatic rings. The molecular weight excluding hydrogens is 489 g/mol. The minimum absolute atomic E-state index is 0.0951. The first-order valence-electron chi connectivity index (χ1n) is 9.25. The lowest BCUT2D eigenvalue weighted by Crippen LogP contribution is -2.18. The Morgan fingerprint density at radius 1 is 1.23 bits per heavy atom. The van der Waals surface area contributed by atoms with Crippen molar-refractivity contribution in [3.05, 3.63) is 86.9 Å². The van der Waals surface area contributed by atoms with Crippen LogP contribution in [0.5, 0.6) is 11.5 Å². The molecule has 0 aliphatic rings. The first kappa shape index (κ1) is 22.7. The molecule has 6 nitrogen and oxygen atoms in total. The lowest BCUT2D eigenvalue weighted by atomic mass is 10.2. The monoisotopic (exact) mass is 505 g/mol. The molecule has 3 rings (SSSR count). The van der Waals surface area contributed by atoms with Crippen molar-refractivity contribution >= 4 is 39.7 Å². The molecule has 0 atom stereocenters. The van der Waals surface area contributed by atoms with Crippen LogP contribution in [0.1, 0.15) is 28.4 Å². The van der Waals surface area contributed by atoms with E-state index < -0.39 is 5.91 Å². The molecule has 0 unspecified atom stereocenters. The number of carbonyl (C=O) groups is 1. The van der Waals surface area contributed by atoms with Crippen molar-refractivity contribution in [2.75, 3.05) is 6.61 Å². The average Bonchev–Trinajstić information content (AvgIpc) is 2.76. The number of hydrogen-bond donors (Lipinski definition) is 1. The fourth-order valence-corrected chi connectivity index (χ4v) is 3.18. The molecule has 1 heterocycles. The van der Waals surface area contributed by atoms with Gasteiger partial charge in [-0.15, -0.1) is 0 Å². The first-order chi connectivity index (χ1) is 15.0. The number of rotatable bonds is 8. The van der Waals surface area contributed by atoms with Crippen LogP contribution in [-0.2, 0) is 6.61 Å². The van der Waals surface area contributed by atoms with Crippen molar-refractivity contribution in [3.8, 4) is 11.5 Å². The zero-order valence-corrected chi connectivity index (χ0v) is 18.8. The van der Waals surface area contributed by atoms with Gasteiger partial charge >= 0.3 is 0 Å². The zero-order chi connectivity index (χ0) is 22.2. The number of pyridine rings is 1. The summed E-state index contributed by atoms with van der Waals surface area (Å²) in [5.41, 5.74) is 4.12. The highest BCUT2D eigenvalue weighted by Gasteiger charge is 2.12. The van der Waals surface area contributed by atoms with Gasteiger partial charge in [-0.05, 0) is 64.8 Å². The Kier molecular flexibility index (Phi) is 7.97. The van der Waals surface area contributed by atoms with Crippen LogP contribution >= 0.6 is 27.5 Å². The summed E-state index contributed by atoms with van der Waals surface area (Å²) < 4.78 is 25.3. The quantitative estimate of drug-likeness (QED) is 0.253. The van der Waals surface area contributed by atoms with E-state index in [2.05, 4.69) is 31.4 Å². The number of hydrazone groups is 1. The van der Waals surface area contributed by atoms with Gasteiger partial charge in [0.1, 0.15) is 17.6 Å². The maximum atomic E-state index is 13.1. The number of aromatic nitrogens is 1. The fraction of sp³-hybridized carbons (Fsp3) is 0.136. The van der Waals surface area contributed by atoms with Gasteiger partial charge in [-0.1, -0.05) is 23.7 Å². The van der Waals surface area contributed by atoms with Crippen LogP contribution < -0.4 is 14.9 Å². The van der Waals surface area contributed by atoms with Crippen LogP contribution in [0.25, 0.3) is 0 Å². The lowest BCUT2D eigenvalue weighted by molar-refractivity contribution is 0.0955. The van der Waals surface area contributed by atoms with E-state index in [-0.39, 0.29) is 23.1 Å². The van der Waals surface area contributed by atoms with Crippen molar-refractivity contribution in [1.29, 1.82) is 0 Å². The summed E-state index contributed by atoms with van der Waals surface area (Å²) in [5, 5.41) is 4.07. The largest absolute Gasteiger partial charge is 0.490 e. The minimum Gasteiger partial charge on any atom is -0.490 e. The molecule has 0 spiro atoms. The fourth-order valence-electron chi connectivity index (χ4n) is 2.55. The third-order valence-corrected chi connectivity index (χ3v) is 5.03. The van der Waals surface area contributed by atoms with E-state index in [0.717, 1.165) is 5.56 Å². The number of halogens is 3. The summed E-state index contributed by atoms with van der Waals surface area (Å²) in [5.74, 6) is 0.245. The summed E-state index contributed by atoms with van der Waals surface area (Å²) in [7, 11) is 0. The van der Waals surface area contributed by atoms with Crippen LogP contribution in [0.3, 0.4) is 0 Å². The van der Waals surface area contributed by atoms with E-state index in [0.29, 0.717) is 28.1 Å². The number of nitrogens with one attached hydrogen (secondary N) is 1. The Balaban J connectivity index is 1.73. The van der Waals surface area contributed by atoms with Crippen LogP contribution in [-0.4, -0.2) is 23.7 Å². The molecule has 1 amide bonds. The molecule has 0 bridgehead atoms. The maximum Gasteiger partial charge on any atom is 0.274 e. The molecule has 160 valence electrons. The lowest BCUT2D eigenvalue weighted by Gasteiger charge is -2.14. The molecule has 0 fully saturated rings. The van der Waals surface area contributed by atoms with E-state index in [1.807, 2.05) is 6.92 Å². The molecule has 9 heteroatoms. The van der Waals surface area contributed by atoms with E-state index in [9.17, 15) is 9.18 Å². The van der Waals surface area contributed by atoms with Gasteiger partial charge in [0.25, 0.3) is 5.91 Å². The highest BCUT2D eigenvalue weighted by atomic mass is 79.9. The zero-order valence-electron chi connectivity index (χ0n) is 16.4. The van der Waals surface area contributed by atoms with E-state index >= 15 is 0 Å². The van der Waals surface area contributed by atoms with E-state index in [1.54, 1.807) is 36.4 Å². The molecular formula is C22H18BrClFN3O3. The van der Waals surface area contributed by atoms with Gasteiger partial charge in [-0.2, -0.15) is 5.10 Å². The van der Waals surface area contributed by atoms with Crippen LogP contribution in [0.4, 0.5) is 4.39 Å². The molecule has 0 aliphatic heterocycles. The smallest absolute Gasteiger partial charge is 0.274 e. The number of amides is 1. The Morgan fingerprint density at radius 2 is 1.97 bits per heavy atom. The molecule has 0 saturated carbocycles. The van der Waals surface area contributed by atoms with Gasteiger partial charge in [-0.25, -0.2) is 14.8 Å². The van der Waals surface area contributed by atoms with Crippen LogP contribution in [0.15, 0.2) is 64.3 Å². The van der Waals surface area contributed by atoms with E-state index in [4.69, 9.17) is 21.1 Å². The second-order valence-electron chi connectivity index (χ2n) is 6.21. The SMILES string of the molecule is CCOc1cc(C=NNC(=O)c2cccnc2Cl)c(Br)cc1OCc1ccc(F)cc1. The van der Waals surface area contributed by atoms with Crippen molar-refractivity contribution in [3.63, 3.8) is 0 Å². The van der Waals surface area contributed by atoms with Gasteiger partial charge in [0.2, 0.25) is 0 Å². The van der Waals surface area contributed by atoms with Gasteiger partial charge in [-0.3, -0.25) is 4.79 Å². The normalized spacial score (nSPS) is 10.8. The molecule has 0 radical (unpaired) electrons. The second-order valence-corrected chi connectivity index (χ2v) is 7.42. The number of ether oxygens (including phenoxy) is 2. The molecule has 0 saturated heterocycles. The Hall–Kier alpha value is -2.97. The topological polar surface area (TPSA) is 72.8 Å². The second kappa shape index (κ2) is 10.9. The highest BCUT2D eigenvalue weighted by Crippen LogP contribution is 2.34. The third-order valence-electron chi connectivity index (χ3n) is 4.04. The Bertz CT molecular complexity index is 1090. The predicted molar refractivity (Wildman–Crippen MR) is 120 cm³/mol. The summed E-state index contributed by atoms with van der Waals surface area (Å²) in [6.07, 6.45) is 2.97. The van der Waals surface area contributed by atoms with Gasteiger partial charge in [0.15, 0.2) is 11.5 Å². The number of hydrogen-bond acceptors (Lipinski definition) is 5. The van der Waals surface area contributed by atoms with Crippen molar-refractivity contribution in [2.24, 2.45) is 5.10 Å². The van der Waals surface area contributed by atoms with Crippen LogP contribution in [0, 0.1) is 5.82 Å². The average molecular weight is 507 g/mol. The summed E-state index contributed by atoms with van der Waals surface area (Å²) in [6, 6.07) is 12.7. The molecule has 1 N–H and O–H groups in total. The first-order valence-corrected chi connectivity index (χ1v) is 10.4.